The highest BCUT2D eigenvalue weighted by Crippen LogP contribution is 2.33. The molecule has 1 aromatic carbocycles. The Morgan fingerprint density at radius 1 is 1.30 bits per heavy atom. The molecule has 6 nitrogen and oxygen atoms in total. The van der Waals surface area contributed by atoms with Crippen molar-refractivity contribution in [3.05, 3.63) is 59.3 Å². The number of nitrogens with zero attached hydrogens (tertiary/aromatic N) is 1. The van der Waals surface area contributed by atoms with E-state index >= 15 is 0 Å². The predicted octanol–water partition coefficient (Wildman–Crippen LogP) is 1.79. The molecule has 1 heterocycles. The number of fused-ring (bicyclic) bond motifs is 1. The number of rotatable bonds is 4. The normalized spacial score (nSPS) is 20.2. The molecule has 7 heteroatoms. The topological polar surface area (TPSA) is 96.4 Å². The van der Waals surface area contributed by atoms with Gasteiger partial charge in [-0.05, 0) is 35.6 Å². The van der Waals surface area contributed by atoms with Gasteiger partial charge in [-0.25, -0.2) is 22.9 Å². The molecule has 0 aliphatic heterocycles. The van der Waals surface area contributed by atoms with E-state index in [2.05, 4.69) is 9.71 Å². The predicted molar refractivity (Wildman–Crippen MR) is 83.9 cm³/mol. The van der Waals surface area contributed by atoms with E-state index < -0.39 is 16.0 Å². The maximum Gasteiger partial charge on any atom is 0.335 e. The molecule has 2 N–H and O–H groups in total. The molecule has 0 saturated carbocycles. The lowest BCUT2D eigenvalue weighted by molar-refractivity contribution is 0.0696. The summed E-state index contributed by atoms with van der Waals surface area (Å²) in [6, 6.07) is 9.91. The van der Waals surface area contributed by atoms with Gasteiger partial charge in [-0.1, -0.05) is 31.2 Å². The number of carboxylic acid groups (broad SMARTS) is 1. The van der Waals surface area contributed by atoms with Crippen LogP contribution in [0, 0.1) is 0 Å². The molecule has 120 valence electrons. The van der Waals surface area contributed by atoms with E-state index in [1.807, 2.05) is 31.2 Å². The summed E-state index contributed by atoms with van der Waals surface area (Å²) in [7, 11) is -3.87. The zero-order valence-corrected chi connectivity index (χ0v) is 13.2. The van der Waals surface area contributed by atoms with Crippen molar-refractivity contribution in [3.8, 4) is 0 Å². The average molecular weight is 332 g/mol. The van der Waals surface area contributed by atoms with Crippen molar-refractivity contribution < 1.29 is 18.3 Å². The van der Waals surface area contributed by atoms with Crippen LogP contribution in [-0.2, 0) is 16.4 Å². The van der Waals surface area contributed by atoms with Gasteiger partial charge in [0.15, 0.2) is 5.03 Å². The smallest absolute Gasteiger partial charge is 0.335 e. The van der Waals surface area contributed by atoms with Gasteiger partial charge in [0, 0.05) is 12.2 Å². The minimum Gasteiger partial charge on any atom is -0.478 e. The SMILES string of the molecule is C[C@H]1c2ccccc2C[C@H]1NS(=O)(=O)c1cc(C(=O)O)ccn1. The fraction of sp³-hybridized carbons (Fsp3) is 0.250. The summed E-state index contributed by atoms with van der Waals surface area (Å²) in [5, 5.41) is 8.70. The van der Waals surface area contributed by atoms with Gasteiger partial charge < -0.3 is 5.11 Å². The van der Waals surface area contributed by atoms with E-state index in [0.717, 1.165) is 17.2 Å². The van der Waals surface area contributed by atoms with Crippen LogP contribution in [-0.4, -0.2) is 30.5 Å². The Kier molecular flexibility index (Phi) is 3.91. The van der Waals surface area contributed by atoms with Crippen molar-refractivity contribution >= 4 is 16.0 Å². The summed E-state index contributed by atoms with van der Waals surface area (Å²) >= 11 is 0. The van der Waals surface area contributed by atoms with Gasteiger partial charge in [0.25, 0.3) is 10.0 Å². The fourth-order valence-corrected chi connectivity index (χ4v) is 4.18. The number of aromatic nitrogens is 1. The monoisotopic (exact) mass is 332 g/mol. The van der Waals surface area contributed by atoms with E-state index in [1.165, 1.54) is 12.3 Å². The molecule has 1 aliphatic carbocycles. The van der Waals surface area contributed by atoms with Crippen molar-refractivity contribution in [1.29, 1.82) is 0 Å². The molecule has 1 aliphatic rings. The van der Waals surface area contributed by atoms with E-state index in [0.29, 0.717) is 6.42 Å². The minimum atomic E-state index is -3.87. The lowest BCUT2D eigenvalue weighted by Crippen LogP contribution is -2.37. The second kappa shape index (κ2) is 5.75. The van der Waals surface area contributed by atoms with Gasteiger partial charge in [0.1, 0.15) is 0 Å². The molecule has 1 aromatic heterocycles. The highest BCUT2D eigenvalue weighted by atomic mass is 32.2. The first-order valence-corrected chi connectivity index (χ1v) is 8.66. The third-order valence-corrected chi connectivity index (χ3v) is 5.54. The van der Waals surface area contributed by atoms with Crippen LogP contribution in [0.5, 0.6) is 0 Å². The number of pyridine rings is 1. The number of carbonyl (C=O) groups is 1. The molecule has 23 heavy (non-hydrogen) atoms. The number of aromatic carboxylic acids is 1. The Bertz CT molecular complexity index is 864. The molecule has 0 bridgehead atoms. The number of sulfonamides is 1. The van der Waals surface area contributed by atoms with Crippen LogP contribution in [0.15, 0.2) is 47.6 Å². The molecular weight excluding hydrogens is 316 g/mol. The molecule has 2 atom stereocenters. The summed E-state index contributed by atoms with van der Waals surface area (Å²) in [6.45, 7) is 1.97. The fourth-order valence-electron chi connectivity index (χ4n) is 2.89. The first-order valence-electron chi connectivity index (χ1n) is 7.18. The quantitative estimate of drug-likeness (QED) is 0.890. The van der Waals surface area contributed by atoms with Crippen molar-refractivity contribution in [2.45, 2.75) is 30.3 Å². The summed E-state index contributed by atoms with van der Waals surface area (Å²) in [6.07, 6.45) is 1.79. The van der Waals surface area contributed by atoms with Crippen molar-refractivity contribution in [1.82, 2.24) is 9.71 Å². The highest BCUT2D eigenvalue weighted by molar-refractivity contribution is 7.89. The maximum atomic E-state index is 12.5. The zero-order valence-electron chi connectivity index (χ0n) is 12.4. The van der Waals surface area contributed by atoms with Crippen LogP contribution >= 0.6 is 0 Å². The van der Waals surface area contributed by atoms with Crippen LogP contribution in [0.2, 0.25) is 0 Å². The molecule has 3 rings (SSSR count). The van der Waals surface area contributed by atoms with E-state index in [1.54, 1.807) is 0 Å². The summed E-state index contributed by atoms with van der Waals surface area (Å²) in [4.78, 5) is 14.8. The Morgan fingerprint density at radius 3 is 2.74 bits per heavy atom. The van der Waals surface area contributed by atoms with Gasteiger partial charge in [-0.2, -0.15) is 0 Å². The van der Waals surface area contributed by atoms with Gasteiger partial charge >= 0.3 is 5.97 Å². The van der Waals surface area contributed by atoms with Gasteiger partial charge in [0.2, 0.25) is 0 Å². The van der Waals surface area contributed by atoms with Crippen LogP contribution < -0.4 is 4.72 Å². The molecule has 0 radical (unpaired) electrons. The van der Waals surface area contributed by atoms with E-state index in [4.69, 9.17) is 5.11 Å². The maximum absolute atomic E-state index is 12.5. The third kappa shape index (κ3) is 2.97. The molecular formula is C16H16N2O4S. The zero-order chi connectivity index (χ0) is 16.6. The first kappa shape index (κ1) is 15.6. The van der Waals surface area contributed by atoms with E-state index in [9.17, 15) is 13.2 Å². The van der Waals surface area contributed by atoms with E-state index in [-0.39, 0.29) is 22.5 Å². The number of benzene rings is 1. The first-order chi connectivity index (χ1) is 10.9. The van der Waals surface area contributed by atoms with Crippen molar-refractivity contribution in [3.63, 3.8) is 0 Å². The largest absolute Gasteiger partial charge is 0.478 e. The second-order valence-corrected chi connectivity index (χ2v) is 7.27. The third-order valence-electron chi connectivity index (χ3n) is 4.15. The Hall–Kier alpha value is -2.25. The van der Waals surface area contributed by atoms with Crippen LogP contribution in [0.4, 0.5) is 0 Å². The number of hydrogen-bond donors (Lipinski definition) is 2. The van der Waals surface area contributed by atoms with Crippen molar-refractivity contribution in [2.24, 2.45) is 0 Å². The second-order valence-electron chi connectivity index (χ2n) is 5.61. The van der Waals surface area contributed by atoms with Crippen LogP contribution in [0.1, 0.15) is 34.3 Å². The summed E-state index contributed by atoms with van der Waals surface area (Å²) in [5.74, 6) is -1.14. The molecule has 0 saturated heterocycles. The van der Waals surface area contributed by atoms with Gasteiger partial charge in [-0.15, -0.1) is 0 Å². The number of nitrogens with one attached hydrogen (secondary N) is 1. The van der Waals surface area contributed by atoms with Crippen molar-refractivity contribution in [2.75, 3.05) is 0 Å². The minimum absolute atomic E-state index is 0.0450. The summed E-state index contributed by atoms with van der Waals surface area (Å²) < 4.78 is 27.6. The molecule has 0 amide bonds. The van der Waals surface area contributed by atoms with Crippen LogP contribution in [0.25, 0.3) is 0 Å². The molecule has 0 spiro atoms. The molecule has 2 aromatic rings. The Morgan fingerprint density at radius 2 is 2.04 bits per heavy atom. The number of carboxylic acids is 1. The van der Waals surface area contributed by atoms with Gasteiger partial charge in [-0.3, -0.25) is 0 Å². The lowest BCUT2D eigenvalue weighted by Gasteiger charge is -2.17. The lowest BCUT2D eigenvalue weighted by atomic mass is 10.0. The Balaban J connectivity index is 1.86. The van der Waals surface area contributed by atoms with Gasteiger partial charge in [0.05, 0.1) is 5.56 Å². The average Bonchev–Trinajstić information content (AvgIpc) is 2.83. The Labute approximate surface area is 134 Å². The highest BCUT2D eigenvalue weighted by Gasteiger charge is 2.32. The molecule has 0 fully saturated rings. The number of hydrogen-bond acceptors (Lipinski definition) is 4. The standard InChI is InChI=1S/C16H16N2O4S/c1-10-13-5-3-2-4-11(13)8-14(10)18-23(21,22)15-9-12(16(19)20)6-7-17-15/h2-7,9-10,14,18H,8H2,1H3,(H,19,20)/t10-,14+/m0/s1. The summed E-state index contributed by atoms with van der Waals surface area (Å²) in [5.41, 5.74) is 2.15. The molecule has 0 unspecified atom stereocenters. The van der Waals surface area contributed by atoms with Crippen LogP contribution in [0.3, 0.4) is 0 Å².